The SMILES string of the molecule is CCOC(=O)/C(C#N)=C(/C)CC1CCCC1. The molecule has 1 aliphatic rings. The number of allylic oxidation sites excluding steroid dienone is 1. The zero-order chi connectivity index (χ0) is 12.0. The lowest BCUT2D eigenvalue weighted by atomic mass is 9.96. The average molecular weight is 221 g/mol. The number of hydrogen-bond acceptors (Lipinski definition) is 3. The molecule has 0 aromatic heterocycles. The minimum absolute atomic E-state index is 0.203. The second kappa shape index (κ2) is 6.32. The van der Waals surface area contributed by atoms with E-state index in [1.807, 2.05) is 13.0 Å². The first-order chi connectivity index (χ1) is 7.69. The molecule has 0 aromatic carbocycles. The van der Waals surface area contributed by atoms with Gasteiger partial charge in [0.1, 0.15) is 11.6 Å². The molecule has 0 N–H and O–H groups in total. The summed E-state index contributed by atoms with van der Waals surface area (Å²) in [6.07, 6.45) is 5.86. The minimum atomic E-state index is -0.472. The molecule has 0 spiro atoms. The first kappa shape index (κ1) is 12.8. The van der Waals surface area contributed by atoms with Crippen LogP contribution in [0.25, 0.3) is 0 Å². The van der Waals surface area contributed by atoms with Crippen molar-refractivity contribution >= 4 is 5.97 Å². The number of carbonyl (C=O) groups is 1. The second-order valence-corrected chi connectivity index (χ2v) is 4.34. The van der Waals surface area contributed by atoms with Crippen molar-refractivity contribution in [3.8, 4) is 6.07 Å². The summed E-state index contributed by atoms with van der Waals surface area (Å²) < 4.78 is 4.86. The maximum absolute atomic E-state index is 11.5. The van der Waals surface area contributed by atoms with E-state index in [0.29, 0.717) is 12.5 Å². The highest BCUT2D eigenvalue weighted by Crippen LogP contribution is 2.30. The smallest absolute Gasteiger partial charge is 0.348 e. The lowest BCUT2D eigenvalue weighted by molar-refractivity contribution is -0.138. The normalized spacial score (nSPS) is 17.8. The van der Waals surface area contributed by atoms with E-state index >= 15 is 0 Å². The summed E-state index contributed by atoms with van der Waals surface area (Å²) in [5, 5.41) is 8.96. The van der Waals surface area contributed by atoms with Crippen molar-refractivity contribution in [1.29, 1.82) is 5.26 Å². The highest BCUT2D eigenvalue weighted by Gasteiger charge is 2.19. The summed E-state index contributed by atoms with van der Waals surface area (Å²) in [5.74, 6) is 0.179. The summed E-state index contributed by atoms with van der Waals surface area (Å²) in [5.41, 5.74) is 1.08. The Bertz CT molecular complexity index is 319. The van der Waals surface area contributed by atoms with Gasteiger partial charge in [0.25, 0.3) is 0 Å². The van der Waals surface area contributed by atoms with Crippen molar-refractivity contribution in [1.82, 2.24) is 0 Å². The lowest BCUT2D eigenvalue weighted by Crippen LogP contribution is -2.09. The molecule has 1 rings (SSSR count). The number of nitriles is 1. The largest absolute Gasteiger partial charge is 0.462 e. The number of carbonyl (C=O) groups excluding carboxylic acids is 1. The molecule has 1 fully saturated rings. The van der Waals surface area contributed by atoms with Gasteiger partial charge in [-0.2, -0.15) is 5.26 Å². The van der Waals surface area contributed by atoms with E-state index in [9.17, 15) is 4.79 Å². The Balaban J connectivity index is 2.66. The van der Waals surface area contributed by atoms with Crippen molar-refractivity contribution in [2.45, 2.75) is 46.0 Å². The third-order valence-electron chi connectivity index (χ3n) is 3.09. The van der Waals surface area contributed by atoms with Gasteiger partial charge >= 0.3 is 5.97 Å². The van der Waals surface area contributed by atoms with E-state index < -0.39 is 5.97 Å². The lowest BCUT2D eigenvalue weighted by Gasteiger charge is -2.10. The zero-order valence-electron chi connectivity index (χ0n) is 10.1. The van der Waals surface area contributed by atoms with Crippen LogP contribution in [0.4, 0.5) is 0 Å². The summed E-state index contributed by atoms with van der Waals surface area (Å²) in [6.45, 7) is 3.94. The van der Waals surface area contributed by atoms with Gasteiger partial charge in [0.2, 0.25) is 0 Å². The van der Waals surface area contributed by atoms with Crippen LogP contribution in [0.2, 0.25) is 0 Å². The van der Waals surface area contributed by atoms with Crippen molar-refractivity contribution in [3.05, 3.63) is 11.1 Å². The van der Waals surface area contributed by atoms with Gasteiger partial charge in [-0.05, 0) is 31.8 Å². The summed E-state index contributed by atoms with van der Waals surface area (Å²) in [4.78, 5) is 11.5. The number of hydrogen-bond donors (Lipinski definition) is 0. The van der Waals surface area contributed by atoms with Gasteiger partial charge in [-0.15, -0.1) is 0 Å². The molecule has 1 aliphatic carbocycles. The van der Waals surface area contributed by atoms with Crippen LogP contribution in [0.5, 0.6) is 0 Å². The molecule has 0 aromatic rings. The molecular formula is C13H19NO2. The number of rotatable bonds is 4. The van der Waals surface area contributed by atoms with Gasteiger partial charge in [0, 0.05) is 0 Å². The van der Waals surface area contributed by atoms with Crippen LogP contribution in [0, 0.1) is 17.2 Å². The van der Waals surface area contributed by atoms with Gasteiger partial charge in [-0.3, -0.25) is 0 Å². The van der Waals surface area contributed by atoms with E-state index in [-0.39, 0.29) is 5.57 Å². The highest BCUT2D eigenvalue weighted by molar-refractivity contribution is 5.93. The predicted octanol–water partition coefficient (Wildman–Crippen LogP) is 2.97. The maximum atomic E-state index is 11.5. The van der Waals surface area contributed by atoms with Crippen molar-refractivity contribution in [2.24, 2.45) is 5.92 Å². The first-order valence-electron chi connectivity index (χ1n) is 5.96. The van der Waals surface area contributed by atoms with E-state index in [0.717, 1.165) is 12.0 Å². The van der Waals surface area contributed by atoms with Gasteiger partial charge < -0.3 is 4.74 Å². The Morgan fingerprint density at radius 3 is 2.56 bits per heavy atom. The van der Waals surface area contributed by atoms with E-state index in [1.54, 1.807) is 6.92 Å². The summed E-state index contributed by atoms with van der Waals surface area (Å²) in [6, 6.07) is 1.97. The quantitative estimate of drug-likeness (QED) is 0.416. The minimum Gasteiger partial charge on any atom is -0.462 e. The molecule has 3 heteroatoms. The van der Waals surface area contributed by atoms with E-state index in [1.165, 1.54) is 25.7 Å². The van der Waals surface area contributed by atoms with Crippen LogP contribution in [-0.2, 0) is 9.53 Å². The van der Waals surface area contributed by atoms with Crippen LogP contribution in [-0.4, -0.2) is 12.6 Å². The monoisotopic (exact) mass is 221 g/mol. The molecule has 3 nitrogen and oxygen atoms in total. The van der Waals surface area contributed by atoms with Gasteiger partial charge in [0.05, 0.1) is 6.61 Å². The molecule has 0 heterocycles. The fraction of sp³-hybridized carbons (Fsp3) is 0.692. The second-order valence-electron chi connectivity index (χ2n) is 4.34. The number of nitrogens with zero attached hydrogens (tertiary/aromatic N) is 1. The molecule has 88 valence electrons. The van der Waals surface area contributed by atoms with E-state index in [2.05, 4.69) is 0 Å². The van der Waals surface area contributed by atoms with Crippen molar-refractivity contribution in [2.75, 3.05) is 6.61 Å². The average Bonchev–Trinajstić information content (AvgIpc) is 2.71. The molecule has 0 radical (unpaired) electrons. The predicted molar refractivity (Wildman–Crippen MR) is 61.5 cm³/mol. The van der Waals surface area contributed by atoms with Crippen molar-refractivity contribution < 1.29 is 9.53 Å². The van der Waals surface area contributed by atoms with Crippen LogP contribution < -0.4 is 0 Å². The Morgan fingerprint density at radius 1 is 1.44 bits per heavy atom. The molecule has 16 heavy (non-hydrogen) atoms. The van der Waals surface area contributed by atoms with Gasteiger partial charge in [-0.1, -0.05) is 25.7 Å². The number of esters is 1. The standard InChI is InChI=1S/C13H19NO2/c1-3-16-13(15)12(9-14)10(2)8-11-6-4-5-7-11/h11H,3-8H2,1-2H3/b12-10-. The summed E-state index contributed by atoms with van der Waals surface area (Å²) >= 11 is 0. The Morgan fingerprint density at radius 2 is 2.06 bits per heavy atom. The first-order valence-corrected chi connectivity index (χ1v) is 5.96. The van der Waals surface area contributed by atoms with Crippen LogP contribution in [0.15, 0.2) is 11.1 Å². The Labute approximate surface area is 97.1 Å². The molecule has 0 atom stereocenters. The fourth-order valence-electron chi connectivity index (χ4n) is 2.27. The van der Waals surface area contributed by atoms with Gasteiger partial charge in [-0.25, -0.2) is 4.79 Å². The Hall–Kier alpha value is -1.30. The molecule has 0 unspecified atom stereocenters. The third kappa shape index (κ3) is 3.37. The van der Waals surface area contributed by atoms with Crippen LogP contribution >= 0.6 is 0 Å². The molecule has 1 saturated carbocycles. The van der Waals surface area contributed by atoms with Gasteiger partial charge in [0.15, 0.2) is 0 Å². The molecule has 0 aliphatic heterocycles. The zero-order valence-corrected chi connectivity index (χ0v) is 10.1. The molecule has 0 bridgehead atoms. The number of ether oxygens (including phenoxy) is 1. The van der Waals surface area contributed by atoms with Crippen molar-refractivity contribution in [3.63, 3.8) is 0 Å². The topological polar surface area (TPSA) is 50.1 Å². The molecule has 0 saturated heterocycles. The van der Waals surface area contributed by atoms with Crippen LogP contribution in [0.1, 0.15) is 46.0 Å². The molecular weight excluding hydrogens is 202 g/mol. The third-order valence-corrected chi connectivity index (χ3v) is 3.09. The fourth-order valence-corrected chi connectivity index (χ4v) is 2.27. The molecule has 0 amide bonds. The highest BCUT2D eigenvalue weighted by atomic mass is 16.5. The maximum Gasteiger partial charge on any atom is 0.348 e. The van der Waals surface area contributed by atoms with Crippen LogP contribution in [0.3, 0.4) is 0 Å². The van der Waals surface area contributed by atoms with E-state index in [4.69, 9.17) is 10.00 Å². The summed E-state index contributed by atoms with van der Waals surface area (Å²) in [7, 11) is 0. The Kier molecular flexibility index (Phi) is 5.04.